The van der Waals surface area contributed by atoms with Gasteiger partial charge in [-0.1, -0.05) is 33.6 Å². The summed E-state index contributed by atoms with van der Waals surface area (Å²) in [5.74, 6) is 1.32. The first-order chi connectivity index (χ1) is 8.60. The zero-order valence-electron chi connectivity index (χ0n) is 9.29. The number of benzene rings is 2. The molecule has 2 N–H and O–H groups in total. The molecule has 18 heavy (non-hydrogen) atoms. The highest BCUT2D eigenvalue weighted by Crippen LogP contribution is 2.35. The summed E-state index contributed by atoms with van der Waals surface area (Å²) in [7, 11) is 0. The van der Waals surface area contributed by atoms with Gasteiger partial charge in [-0.2, -0.15) is 0 Å². The minimum atomic E-state index is 0.460. The number of hydrogen-bond acceptors (Lipinski definition) is 2. The van der Waals surface area contributed by atoms with Gasteiger partial charge in [-0.25, -0.2) is 0 Å². The van der Waals surface area contributed by atoms with E-state index in [0.717, 1.165) is 14.5 Å². The Balaban J connectivity index is 2.28. The number of ether oxygens (including phenoxy) is 1. The normalized spacial score (nSPS) is 10.4. The van der Waals surface area contributed by atoms with Gasteiger partial charge in [0.15, 0.2) is 0 Å². The summed E-state index contributed by atoms with van der Waals surface area (Å²) in [5.41, 5.74) is 6.52. The maximum Gasteiger partial charge on any atom is 0.146 e. The fourth-order valence-electron chi connectivity index (χ4n) is 1.43. The molecular formula is C13H10Br2ClNO. The van der Waals surface area contributed by atoms with Crippen molar-refractivity contribution in [2.75, 3.05) is 0 Å². The maximum absolute atomic E-state index is 6.14. The van der Waals surface area contributed by atoms with Gasteiger partial charge in [0.05, 0.1) is 9.50 Å². The van der Waals surface area contributed by atoms with E-state index in [9.17, 15) is 0 Å². The van der Waals surface area contributed by atoms with Gasteiger partial charge in [-0.15, -0.1) is 0 Å². The SMILES string of the molecule is NCc1ccc(Oc2ccc(Br)cc2Br)c(Cl)c1. The standard InChI is InChI=1S/C13H10Br2ClNO/c14-9-2-4-12(10(15)6-9)18-13-3-1-8(7-17)5-11(13)16/h1-6H,7,17H2. The molecule has 0 saturated carbocycles. The Morgan fingerprint density at radius 2 is 1.78 bits per heavy atom. The molecule has 2 aromatic carbocycles. The second-order valence-electron chi connectivity index (χ2n) is 3.65. The molecule has 0 aliphatic rings. The van der Waals surface area contributed by atoms with Gasteiger partial charge >= 0.3 is 0 Å². The van der Waals surface area contributed by atoms with Gasteiger partial charge in [0, 0.05) is 11.0 Å². The van der Waals surface area contributed by atoms with Gasteiger partial charge in [0.25, 0.3) is 0 Å². The third kappa shape index (κ3) is 3.26. The summed E-state index contributed by atoms with van der Waals surface area (Å²) in [4.78, 5) is 0. The van der Waals surface area contributed by atoms with Crippen LogP contribution in [0.2, 0.25) is 5.02 Å². The molecule has 0 aliphatic heterocycles. The van der Waals surface area contributed by atoms with Crippen LogP contribution >= 0.6 is 43.5 Å². The van der Waals surface area contributed by atoms with E-state index >= 15 is 0 Å². The van der Waals surface area contributed by atoms with Crippen molar-refractivity contribution in [2.24, 2.45) is 5.73 Å². The predicted molar refractivity (Wildman–Crippen MR) is 81.3 cm³/mol. The van der Waals surface area contributed by atoms with Crippen LogP contribution in [0.5, 0.6) is 11.5 Å². The molecule has 2 nitrogen and oxygen atoms in total. The van der Waals surface area contributed by atoms with E-state index in [0.29, 0.717) is 23.1 Å². The fraction of sp³-hybridized carbons (Fsp3) is 0.0769. The van der Waals surface area contributed by atoms with E-state index in [1.807, 2.05) is 36.4 Å². The average Bonchev–Trinajstić information content (AvgIpc) is 2.34. The van der Waals surface area contributed by atoms with Crippen LogP contribution < -0.4 is 10.5 Å². The summed E-state index contributed by atoms with van der Waals surface area (Å²) >= 11 is 13.0. The van der Waals surface area contributed by atoms with E-state index < -0.39 is 0 Å². The molecule has 0 spiro atoms. The zero-order valence-corrected chi connectivity index (χ0v) is 13.2. The Kier molecular flexibility index (Phi) is 4.67. The molecule has 2 aromatic rings. The Labute approximate surface area is 127 Å². The summed E-state index contributed by atoms with van der Waals surface area (Å²) in [5, 5.41) is 0.549. The predicted octanol–water partition coefficient (Wildman–Crippen LogP) is 5.12. The van der Waals surface area contributed by atoms with Crippen LogP contribution in [0.4, 0.5) is 0 Å². The lowest BCUT2D eigenvalue weighted by molar-refractivity contribution is 0.479. The number of rotatable bonds is 3. The van der Waals surface area contributed by atoms with Gasteiger partial charge in [-0.05, 0) is 51.8 Å². The van der Waals surface area contributed by atoms with E-state index in [2.05, 4.69) is 31.9 Å². The minimum Gasteiger partial charge on any atom is -0.455 e. The van der Waals surface area contributed by atoms with E-state index in [-0.39, 0.29) is 0 Å². The Morgan fingerprint density at radius 3 is 2.39 bits per heavy atom. The van der Waals surface area contributed by atoms with Gasteiger partial charge in [0.2, 0.25) is 0 Å². The summed E-state index contributed by atoms with van der Waals surface area (Å²) in [6.45, 7) is 0.460. The zero-order chi connectivity index (χ0) is 13.1. The van der Waals surface area contributed by atoms with Crippen molar-refractivity contribution in [3.63, 3.8) is 0 Å². The van der Waals surface area contributed by atoms with E-state index in [4.69, 9.17) is 22.1 Å². The molecule has 0 aromatic heterocycles. The van der Waals surface area contributed by atoms with Crippen LogP contribution in [0.15, 0.2) is 45.3 Å². The first kappa shape index (κ1) is 13.9. The lowest BCUT2D eigenvalue weighted by atomic mass is 10.2. The van der Waals surface area contributed by atoms with Crippen LogP contribution in [-0.2, 0) is 6.54 Å². The molecule has 0 saturated heterocycles. The molecule has 0 unspecified atom stereocenters. The third-order valence-corrected chi connectivity index (χ3v) is 3.75. The average molecular weight is 391 g/mol. The van der Waals surface area contributed by atoms with Crippen molar-refractivity contribution >= 4 is 43.5 Å². The van der Waals surface area contributed by atoms with Crippen LogP contribution in [0.3, 0.4) is 0 Å². The van der Waals surface area contributed by atoms with Crippen LogP contribution in [-0.4, -0.2) is 0 Å². The lowest BCUT2D eigenvalue weighted by Gasteiger charge is -2.10. The van der Waals surface area contributed by atoms with Gasteiger partial charge < -0.3 is 10.5 Å². The number of nitrogens with two attached hydrogens (primary N) is 1. The number of hydrogen-bond donors (Lipinski definition) is 1. The highest BCUT2D eigenvalue weighted by Gasteiger charge is 2.07. The first-order valence-corrected chi connectivity index (χ1v) is 7.18. The number of halogens is 3. The molecule has 0 fully saturated rings. The Hall–Kier alpha value is -0.550. The smallest absolute Gasteiger partial charge is 0.146 e. The van der Waals surface area contributed by atoms with Crippen LogP contribution in [0.1, 0.15) is 5.56 Å². The highest BCUT2D eigenvalue weighted by atomic mass is 79.9. The van der Waals surface area contributed by atoms with Crippen molar-refractivity contribution in [3.8, 4) is 11.5 Å². The minimum absolute atomic E-state index is 0.460. The molecule has 5 heteroatoms. The molecule has 0 aliphatic carbocycles. The second kappa shape index (κ2) is 6.06. The largest absolute Gasteiger partial charge is 0.455 e. The van der Waals surface area contributed by atoms with Crippen molar-refractivity contribution in [3.05, 3.63) is 55.9 Å². The summed E-state index contributed by atoms with van der Waals surface area (Å²) in [6, 6.07) is 11.2. The summed E-state index contributed by atoms with van der Waals surface area (Å²) < 4.78 is 7.59. The van der Waals surface area contributed by atoms with Gasteiger partial charge in [0.1, 0.15) is 11.5 Å². The maximum atomic E-state index is 6.14. The molecule has 0 radical (unpaired) electrons. The van der Waals surface area contributed by atoms with Crippen molar-refractivity contribution in [1.82, 2.24) is 0 Å². The first-order valence-electron chi connectivity index (χ1n) is 5.21. The van der Waals surface area contributed by atoms with Crippen LogP contribution in [0, 0.1) is 0 Å². The second-order valence-corrected chi connectivity index (χ2v) is 5.82. The van der Waals surface area contributed by atoms with Crippen molar-refractivity contribution in [1.29, 1.82) is 0 Å². The molecule has 2 rings (SSSR count). The molecular weight excluding hydrogens is 381 g/mol. The molecule has 94 valence electrons. The van der Waals surface area contributed by atoms with Gasteiger partial charge in [-0.3, -0.25) is 0 Å². The molecule has 0 atom stereocenters. The van der Waals surface area contributed by atoms with Crippen molar-refractivity contribution in [2.45, 2.75) is 6.54 Å². The van der Waals surface area contributed by atoms with Crippen molar-refractivity contribution < 1.29 is 4.74 Å². The molecule has 0 heterocycles. The van der Waals surface area contributed by atoms with E-state index in [1.165, 1.54) is 0 Å². The monoisotopic (exact) mass is 389 g/mol. The van der Waals surface area contributed by atoms with Crippen LogP contribution in [0.25, 0.3) is 0 Å². The lowest BCUT2D eigenvalue weighted by Crippen LogP contribution is -1.96. The van der Waals surface area contributed by atoms with E-state index in [1.54, 1.807) is 0 Å². The molecule has 0 bridgehead atoms. The third-order valence-electron chi connectivity index (χ3n) is 2.35. The quantitative estimate of drug-likeness (QED) is 0.789. The topological polar surface area (TPSA) is 35.2 Å². The Morgan fingerprint density at radius 1 is 1.06 bits per heavy atom. The fourth-order valence-corrected chi connectivity index (χ4v) is 2.80. The summed E-state index contributed by atoms with van der Waals surface area (Å²) in [6.07, 6.45) is 0. The Bertz CT molecular complexity index is 575. The highest BCUT2D eigenvalue weighted by molar-refractivity contribution is 9.11. The molecule has 0 amide bonds.